The summed E-state index contributed by atoms with van der Waals surface area (Å²) in [6.45, 7) is 3.37. The molecule has 4 nitrogen and oxygen atoms in total. The molecule has 0 aliphatic rings. The molecule has 8 heteroatoms. The maximum atomic E-state index is 10.5. The van der Waals surface area contributed by atoms with Gasteiger partial charge in [-0.2, -0.15) is 0 Å². The van der Waals surface area contributed by atoms with Crippen molar-refractivity contribution < 1.29 is 19.1 Å². The summed E-state index contributed by atoms with van der Waals surface area (Å²) < 4.78 is 9.39. The van der Waals surface area contributed by atoms with Crippen molar-refractivity contribution in [1.29, 1.82) is 0 Å². The highest BCUT2D eigenvalue weighted by Crippen LogP contribution is 2.37. The molecule has 0 aromatic carbocycles. The van der Waals surface area contributed by atoms with E-state index in [1.54, 1.807) is 13.8 Å². The fourth-order valence-electron chi connectivity index (χ4n) is 0.569. The Hall–Kier alpha value is 0.480. The van der Waals surface area contributed by atoms with E-state index >= 15 is 0 Å². The lowest BCUT2D eigenvalue weighted by atomic mass is 9.96. The van der Waals surface area contributed by atoms with Crippen molar-refractivity contribution in [1.82, 2.24) is 0 Å². The van der Waals surface area contributed by atoms with Crippen LogP contribution in [0.1, 0.15) is 13.8 Å². The summed E-state index contributed by atoms with van der Waals surface area (Å²) in [7, 11) is 0. The van der Waals surface area contributed by atoms with Gasteiger partial charge in [-0.15, -0.1) is 0 Å². The van der Waals surface area contributed by atoms with Crippen LogP contribution in [0.25, 0.3) is 0 Å². The molecule has 0 saturated heterocycles. The van der Waals surface area contributed by atoms with Crippen LogP contribution < -0.4 is 0 Å². The number of rotatable bonds is 4. The Bertz CT molecular complexity index is 235. The molecule has 15 heavy (non-hydrogen) atoms. The molecule has 0 N–H and O–H groups in total. The van der Waals surface area contributed by atoms with Crippen LogP contribution in [0.15, 0.2) is 0 Å². The van der Waals surface area contributed by atoms with E-state index in [9.17, 15) is 9.59 Å². The van der Waals surface area contributed by atoms with Crippen molar-refractivity contribution in [3.05, 3.63) is 0 Å². The molecule has 0 heterocycles. The monoisotopic (exact) mass is 384 g/mol. The Morgan fingerprint density at radius 2 is 1.33 bits per heavy atom. The highest BCUT2D eigenvalue weighted by atomic mass is 79.9. The van der Waals surface area contributed by atoms with Gasteiger partial charge in [-0.3, -0.25) is 0 Å². The van der Waals surface area contributed by atoms with Crippen LogP contribution in [0.3, 0.4) is 0 Å². The predicted octanol–water partition coefficient (Wildman–Crippen LogP) is 4.21. The number of carbonyl (C=O) groups excluding carboxylic acids is 2. The minimum absolute atomic E-state index is 0.726. The minimum atomic E-state index is -0.957. The number of alkyl halides is 2. The largest absolute Gasteiger partial charge is 0.438 e. The maximum absolute atomic E-state index is 10.5. The Morgan fingerprint density at radius 3 is 1.53 bits per heavy atom. The third-order valence-electron chi connectivity index (χ3n) is 1.56. The topological polar surface area (TPSA) is 52.6 Å². The van der Waals surface area contributed by atoms with Gasteiger partial charge in [0.15, 0.2) is 10.0 Å². The summed E-state index contributed by atoms with van der Waals surface area (Å²) in [4.78, 5) is 21.0. The summed E-state index contributed by atoms with van der Waals surface area (Å²) in [6.07, 6.45) is 0. The first kappa shape index (κ1) is 15.5. The molecule has 2 atom stereocenters. The van der Waals surface area contributed by atoms with Gasteiger partial charge in [0.25, 0.3) is 0 Å². The normalized spacial score (nSPS) is 15.3. The van der Waals surface area contributed by atoms with Crippen LogP contribution in [-0.2, 0) is 9.47 Å². The van der Waals surface area contributed by atoms with Crippen LogP contribution in [0.5, 0.6) is 0 Å². The Balaban J connectivity index is 4.49. The lowest BCUT2D eigenvalue weighted by Gasteiger charge is -2.32. The average molecular weight is 387 g/mol. The molecule has 0 aromatic rings. The Kier molecular flexibility index (Phi) is 6.47. The summed E-state index contributed by atoms with van der Waals surface area (Å²) in [5.41, 5.74) is -2.65. The number of ether oxygens (including phenoxy) is 2. The molecule has 0 aliphatic heterocycles. The molecule has 0 amide bonds. The summed E-state index contributed by atoms with van der Waals surface area (Å²) in [5, 5.41) is -1.45. The van der Waals surface area contributed by atoms with Gasteiger partial charge < -0.3 is 9.47 Å². The van der Waals surface area contributed by atoms with Crippen LogP contribution in [0.4, 0.5) is 9.59 Å². The zero-order chi connectivity index (χ0) is 12.2. The fourth-order valence-corrected chi connectivity index (χ4v) is 2.14. The van der Waals surface area contributed by atoms with E-state index < -0.39 is 26.3 Å². The smallest absolute Gasteiger partial charge is 0.404 e. The Labute approximate surface area is 114 Å². The molecule has 0 spiro atoms. The summed E-state index contributed by atoms with van der Waals surface area (Å²) in [6, 6.07) is 0. The van der Waals surface area contributed by atoms with Crippen molar-refractivity contribution in [2.24, 2.45) is 5.41 Å². The first-order valence-corrected chi connectivity index (χ1v) is 6.27. The lowest BCUT2D eigenvalue weighted by Crippen LogP contribution is -2.37. The van der Waals surface area contributed by atoms with Crippen LogP contribution in [0.2, 0.25) is 0 Å². The van der Waals surface area contributed by atoms with Gasteiger partial charge in [-0.25, -0.2) is 9.59 Å². The maximum Gasteiger partial charge on any atom is 0.404 e. The van der Waals surface area contributed by atoms with E-state index in [1.165, 1.54) is 0 Å². The zero-order valence-corrected chi connectivity index (χ0v) is 12.5. The predicted molar refractivity (Wildman–Crippen MR) is 63.9 cm³/mol. The Morgan fingerprint density at radius 1 is 1.07 bits per heavy atom. The fraction of sp³-hybridized carbons (Fsp3) is 0.714. The first-order valence-electron chi connectivity index (χ1n) is 3.68. The van der Waals surface area contributed by atoms with Crippen LogP contribution in [0, 0.1) is 5.41 Å². The standard InChI is InChI=1S/C7H8Br2Cl2O4/c1-7(2,3(8)14-5(10)12)4(9)15-6(11)13/h3-4H,1-2H3. The van der Waals surface area contributed by atoms with Gasteiger partial charge in [0.1, 0.15) is 0 Å². The van der Waals surface area contributed by atoms with E-state index in [4.69, 9.17) is 32.7 Å². The van der Waals surface area contributed by atoms with Crippen molar-refractivity contribution in [2.75, 3.05) is 0 Å². The summed E-state index contributed by atoms with van der Waals surface area (Å²) >= 11 is 16.3. The second-order valence-corrected chi connectivity index (χ2v) is 5.44. The van der Waals surface area contributed by atoms with Gasteiger partial charge in [0.05, 0.1) is 5.41 Å². The third kappa shape index (κ3) is 5.38. The van der Waals surface area contributed by atoms with E-state index in [0.29, 0.717) is 0 Å². The van der Waals surface area contributed by atoms with E-state index in [1.807, 2.05) is 0 Å². The van der Waals surface area contributed by atoms with E-state index in [-0.39, 0.29) is 0 Å². The van der Waals surface area contributed by atoms with Gasteiger partial charge in [0.2, 0.25) is 0 Å². The quantitative estimate of drug-likeness (QED) is 0.536. The van der Waals surface area contributed by atoms with Gasteiger partial charge in [0, 0.05) is 23.2 Å². The lowest BCUT2D eigenvalue weighted by molar-refractivity contribution is 0.0360. The molecular weight excluding hydrogens is 379 g/mol. The van der Waals surface area contributed by atoms with E-state index in [0.717, 1.165) is 0 Å². The minimum Gasteiger partial charge on any atom is -0.438 e. The molecule has 0 radical (unpaired) electrons. The molecule has 0 bridgehead atoms. The van der Waals surface area contributed by atoms with E-state index in [2.05, 4.69) is 31.9 Å². The van der Waals surface area contributed by atoms with Gasteiger partial charge in [-0.05, 0) is 31.9 Å². The second-order valence-electron chi connectivity index (χ2n) is 3.16. The highest BCUT2D eigenvalue weighted by molar-refractivity contribution is 9.10. The number of carbonyl (C=O) groups is 2. The molecule has 2 unspecified atom stereocenters. The number of hydrogen-bond acceptors (Lipinski definition) is 4. The molecule has 88 valence electrons. The van der Waals surface area contributed by atoms with Crippen LogP contribution in [-0.4, -0.2) is 20.9 Å². The molecule has 0 rings (SSSR count). The second kappa shape index (κ2) is 6.27. The van der Waals surface area contributed by atoms with Crippen molar-refractivity contribution in [3.63, 3.8) is 0 Å². The van der Waals surface area contributed by atoms with Crippen molar-refractivity contribution >= 4 is 65.9 Å². The molecular formula is C7H8Br2Cl2O4. The molecule has 0 aliphatic carbocycles. The van der Waals surface area contributed by atoms with Gasteiger partial charge >= 0.3 is 10.9 Å². The number of hydrogen-bond donors (Lipinski definition) is 0. The first-order chi connectivity index (χ1) is 6.67. The summed E-state index contributed by atoms with van der Waals surface area (Å²) in [5.74, 6) is 0. The van der Waals surface area contributed by atoms with Gasteiger partial charge in [-0.1, -0.05) is 13.8 Å². The third-order valence-corrected chi connectivity index (χ3v) is 4.47. The highest BCUT2D eigenvalue weighted by Gasteiger charge is 2.39. The average Bonchev–Trinajstić information content (AvgIpc) is 2.01. The van der Waals surface area contributed by atoms with Crippen molar-refractivity contribution in [2.45, 2.75) is 23.9 Å². The molecule has 0 saturated carbocycles. The molecule has 0 aromatic heterocycles. The molecule has 0 fully saturated rings. The van der Waals surface area contributed by atoms with Crippen LogP contribution >= 0.6 is 55.1 Å². The number of halogens is 4. The van der Waals surface area contributed by atoms with Crippen molar-refractivity contribution in [3.8, 4) is 0 Å². The zero-order valence-electron chi connectivity index (χ0n) is 7.80. The SMILES string of the molecule is CC(C)(C(Br)OC(=O)Cl)C(Br)OC(=O)Cl.